The van der Waals surface area contributed by atoms with E-state index < -0.39 is 22.6 Å². The Morgan fingerprint density at radius 2 is 1.96 bits per heavy atom. The molecule has 0 atom stereocenters. The maximum Gasteiger partial charge on any atom is 0.338 e. The van der Waals surface area contributed by atoms with Gasteiger partial charge in [-0.05, 0) is 31.0 Å². The van der Waals surface area contributed by atoms with Crippen molar-refractivity contribution in [2.45, 2.75) is 23.8 Å². The van der Waals surface area contributed by atoms with Crippen LogP contribution in [-0.2, 0) is 19.6 Å². The number of nitrogens with one attached hydrogen (secondary N) is 1. The van der Waals surface area contributed by atoms with Gasteiger partial charge in [0.25, 0.3) is 5.91 Å². The first kappa shape index (κ1) is 18.2. The van der Waals surface area contributed by atoms with Crippen LogP contribution in [0.3, 0.4) is 0 Å². The predicted octanol–water partition coefficient (Wildman–Crippen LogP) is 0.381. The number of amides is 1. The third-order valence-electron chi connectivity index (χ3n) is 3.41. The minimum atomic E-state index is -3.80. The standard InChI is InChI=1S/C15H20N2O6S/c1-17(2)14(18)9-23-15(19)10-4-7-12(22-3)13(8-10)24(20,21)16-11-5-6-11/h4,7-8,11,16H,5-6,9H2,1-3H3. The van der Waals surface area contributed by atoms with Crippen molar-refractivity contribution in [2.75, 3.05) is 27.8 Å². The SMILES string of the molecule is COc1ccc(C(=O)OCC(=O)N(C)C)cc1S(=O)(=O)NC1CC1. The van der Waals surface area contributed by atoms with Crippen LogP contribution in [0.5, 0.6) is 5.75 Å². The van der Waals surface area contributed by atoms with Crippen molar-refractivity contribution >= 4 is 21.9 Å². The van der Waals surface area contributed by atoms with Gasteiger partial charge in [0.05, 0.1) is 12.7 Å². The topological polar surface area (TPSA) is 102 Å². The quantitative estimate of drug-likeness (QED) is 0.709. The Morgan fingerprint density at radius 1 is 1.29 bits per heavy atom. The monoisotopic (exact) mass is 356 g/mol. The first-order valence-electron chi connectivity index (χ1n) is 7.32. The summed E-state index contributed by atoms with van der Waals surface area (Å²) in [5.74, 6) is -1.03. The molecule has 2 rings (SSSR count). The zero-order valence-electron chi connectivity index (χ0n) is 13.7. The summed E-state index contributed by atoms with van der Waals surface area (Å²) in [7, 11) is 0.627. The number of sulfonamides is 1. The van der Waals surface area contributed by atoms with E-state index in [9.17, 15) is 18.0 Å². The lowest BCUT2D eigenvalue weighted by molar-refractivity contribution is -0.131. The van der Waals surface area contributed by atoms with Gasteiger partial charge >= 0.3 is 5.97 Å². The summed E-state index contributed by atoms with van der Waals surface area (Å²) in [6.07, 6.45) is 1.58. The van der Waals surface area contributed by atoms with Gasteiger partial charge in [-0.1, -0.05) is 0 Å². The number of nitrogens with zero attached hydrogens (tertiary/aromatic N) is 1. The Hall–Kier alpha value is -2.13. The van der Waals surface area contributed by atoms with Crippen molar-refractivity contribution in [3.05, 3.63) is 23.8 Å². The number of methoxy groups -OCH3 is 1. The molecule has 1 aliphatic carbocycles. The summed E-state index contributed by atoms with van der Waals surface area (Å²) in [5, 5.41) is 0. The molecule has 0 saturated heterocycles. The Labute approximate surface area is 140 Å². The summed E-state index contributed by atoms with van der Waals surface area (Å²) in [6.45, 7) is -0.416. The van der Waals surface area contributed by atoms with Gasteiger partial charge in [0, 0.05) is 20.1 Å². The Balaban J connectivity index is 2.21. The molecule has 1 aromatic carbocycles. The van der Waals surface area contributed by atoms with E-state index in [0.717, 1.165) is 12.8 Å². The summed E-state index contributed by atoms with van der Waals surface area (Å²) in [6, 6.07) is 3.88. The van der Waals surface area contributed by atoms with E-state index in [2.05, 4.69) is 4.72 Å². The molecule has 1 saturated carbocycles. The highest BCUT2D eigenvalue weighted by Crippen LogP contribution is 2.28. The van der Waals surface area contributed by atoms with Crippen molar-refractivity contribution < 1.29 is 27.5 Å². The molecule has 1 aliphatic rings. The fourth-order valence-electron chi connectivity index (χ4n) is 1.84. The number of hydrogen-bond donors (Lipinski definition) is 1. The molecule has 8 nitrogen and oxygen atoms in total. The normalized spacial score (nSPS) is 14.1. The third-order valence-corrected chi connectivity index (χ3v) is 4.96. The van der Waals surface area contributed by atoms with Gasteiger partial charge in [-0.2, -0.15) is 0 Å². The minimum Gasteiger partial charge on any atom is -0.495 e. The second-order valence-electron chi connectivity index (χ2n) is 5.63. The van der Waals surface area contributed by atoms with E-state index in [0.29, 0.717) is 0 Å². The summed E-state index contributed by atoms with van der Waals surface area (Å²) >= 11 is 0. The second-order valence-corrected chi connectivity index (χ2v) is 7.31. The average molecular weight is 356 g/mol. The van der Waals surface area contributed by atoms with Crippen LogP contribution in [-0.4, -0.2) is 59.0 Å². The molecular formula is C15H20N2O6S. The highest BCUT2D eigenvalue weighted by Gasteiger charge is 2.30. The molecule has 0 bridgehead atoms. The van der Waals surface area contributed by atoms with Crippen molar-refractivity contribution in [3.8, 4) is 5.75 Å². The zero-order valence-corrected chi connectivity index (χ0v) is 14.6. The van der Waals surface area contributed by atoms with Crippen LogP contribution in [0.2, 0.25) is 0 Å². The molecular weight excluding hydrogens is 336 g/mol. The van der Waals surface area contributed by atoms with Crippen LogP contribution in [0, 0.1) is 0 Å². The maximum absolute atomic E-state index is 12.4. The molecule has 0 unspecified atom stereocenters. The molecule has 1 fully saturated rings. The summed E-state index contributed by atoms with van der Waals surface area (Å²) < 4.78 is 37.3. The van der Waals surface area contributed by atoms with Crippen molar-refractivity contribution in [3.63, 3.8) is 0 Å². The fourth-order valence-corrected chi connectivity index (χ4v) is 3.34. The largest absolute Gasteiger partial charge is 0.495 e. The van der Waals surface area contributed by atoms with Crippen LogP contribution in [0.25, 0.3) is 0 Å². The fraction of sp³-hybridized carbons (Fsp3) is 0.467. The predicted molar refractivity (Wildman–Crippen MR) is 85.3 cm³/mol. The van der Waals surface area contributed by atoms with Crippen LogP contribution in [0.4, 0.5) is 0 Å². The van der Waals surface area contributed by atoms with Crippen molar-refractivity contribution in [2.24, 2.45) is 0 Å². The molecule has 1 amide bonds. The molecule has 132 valence electrons. The summed E-state index contributed by atoms with van der Waals surface area (Å²) in [5.41, 5.74) is 0.0264. The Morgan fingerprint density at radius 3 is 2.50 bits per heavy atom. The third kappa shape index (κ3) is 4.45. The molecule has 0 aliphatic heterocycles. The number of ether oxygens (including phenoxy) is 2. The van der Waals surface area contributed by atoms with E-state index in [1.807, 2.05) is 0 Å². The molecule has 1 aromatic rings. The lowest BCUT2D eigenvalue weighted by Crippen LogP contribution is -2.28. The second kappa shape index (κ2) is 7.18. The van der Waals surface area contributed by atoms with E-state index in [1.165, 1.54) is 44.3 Å². The smallest absolute Gasteiger partial charge is 0.338 e. The van der Waals surface area contributed by atoms with Gasteiger partial charge in [-0.25, -0.2) is 17.9 Å². The highest BCUT2D eigenvalue weighted by atomic mass is 32.2. The van der Waals surface area contributed by atoms with Gasteiger partial charge in [0.1, 0.15) is 10.6 Å². The number of likely N-dealkylation sites (N-methyl/N-ethyl adjacent to an activating group) is 1. The van der Waals surface area contributed by atoms with Crippen molar-refractivity contribution in [1.82, 2.24) is 9.62 Å². The van der Waals surface area contributed by atoms with Crippen LogP contribution in [0.15, 0.2) is 23.1 Å². The molecule has 0 aromatic heterocycles. The molecule has 9 heteroatoms. The number of benzene rings is 1. The lowest BCUT2D eigenvalue weighted by Gasteiger charge is -2.13. The van der Waals surface area contributed by atoms with Crippen LogP contribution in [0.1, 0.15) is 23.2 Å². The average Bonchev–Trinajstić information content (AvgIpc) is 3.34. The Bertz CT molecular complexity index is 740. The van der Waals surface area contributed by atoms with E-state index in [4.69, 9.17) is 9.47 Å². The zero-order chi connectivity index (χ0) is 17.9. The Kier molecular flexibility index (Phi) is 5.45. The first-order chi connectivity index (χ1) is 11.2. The van der Waals surface area contributed by atoms with Gasteiger partial charge < -0.3 is 14.4 Å². The highest BCUT2D eigenvalue weighted by molar-refractivity contribution is 7.89. The lowest BCUT2D eigenvalue weighted by atomic mass is 10.2. The number of hydrogen-bond acceptors (Lipinski definition) is 6. The molecule has 1 N–H and O–H groups in total. The molecule has 0 spiro atoms. The first-order valence-corrected chi connectivity index (χ1v) is 8.80. The number of carbonyl (C=O) groups is 2. The van der Waals surface area contributed by atoms with Gasteiger partial charge in [-0.3, -0.25) is 4.79 Å². The van der Waals surface area contributed by atoms with E-state index in [-0.39, 0.29) is 28.2 Å². The van der Waals surface area contributed by atoms with Crippen molar-refractivity contribution in [1.29, 1.82) is 0 Å². The molecule has 24 heavy (non-hydrogen) atoms. The van der Waals surface area contributed by atoms with E-state index in [1.54, 1.807) is 0 Å². The number of esters is 1. The van der Waals surface area contributed by atoms with Gasteiger partial charge in [0.2, 0.25) is 10.0 Å². The van der Waals surface area contributed by atoms with E-state index >= 15 is 0 Å². The number of carbonyl (C=O) groups excluding carboxylic acids is 2. The summed E-state index contributed by atoms with van der Waals surface area (Å²) in [4.78, 5) is 24.6. The van der Waals surface area contributed by atoms with Crippen LogP contribution >= 0.6 is 0 Å². The molecule has 0 heterocycles. The van der Waals surface area contributed by atoms with Gasteiger partial charge in [0.15, 0.2) is 6.61 Å². The maximum atomic E-state index is 12.4. The van der Waals surface area contributed by atoms with Gasteiger partial charge in [-0.15, -0.1) is 0 Å². The molecule has 0 radical (unpaired) electrons. The number of rotatable bonds is 7. The minimum absolute atomic E-state index is 0.0264. The van der Waals surface area contributed by atoms with Crippen LogP contribution < -0.4 is 9.46 Å².